The molecule has 2 heterocycles. The van der Waals surface area contributed by atoms with Crippen molar-refractivity contribution in [1.82, 2.24) is 15.3 Å². The molecule has 1 aliphatic rings. The number of benzene rings is 2. The molecule has 182 valence electrons. The normalized spacial score (nSPS) is 14.5. The van der Waals surface area contributed by atoms with Gasteiger partial charge in [-0.2, -0.15) is 5.26 Å². The number of hydrogen-bond donors (Lipinski definition) is 1. The van der Waals surface area contributed by atoms with Crippen LogP contribution in [0.3, 0.4) is 0 Å². The van der Waals surface area contributed by atoms with E-state index in [1.54, 1.807) is 12.1 Å². The minimum atomic E-state index is -1.04. The quantitative estimate of drug-likeness (QED) is 0.463. The second kappa shape index (κ2) is 11.6. The number of carbonyl (C=O) groups excluding carboxylic acids is 1. The number of nitrogens with zero attached hydrogens (tertiary/aromatic N) is 5. The Balaban J connectivity index is 1.56. The highest BCUT2D eigenvalue weighted by molar-refractivity contribution is 5.88. The van der Waals surface area contributed by atoms with E-state index >= 15 is 0 Å². The van der Waals surface area contributed by atoms with Crippen LogP contribution >= 0.6 is 0 Å². The summed E-state index contributed by atoms with van der Waals surface area (Å²) in [6, 6.07) is 16.2. The van der Waals surface area contributed by atoms with Gasteiger partial charge in [0.05, 0.1) is 17.1 Å². The first-order chi connectivity index (χ1) is 17.1. The Bertz CT molecular complexity index is 1180. The SMILES string of the molecule is CCCCCCNC(=O)[C@@H](C#N)c1nc2ccccc2nc1N1CCN(c2ccc(F)cc2)CC1. The number of carbonyl (C=O) groups is 1. The van der Waals surface area contributed by atoms with E-state index in [1.807, 2.05) is 24.3 Å². The van der Waals surface area contributed by atoms with Crippen molar-refractivity contribution in [2.75, 3.05) is 42.5 Å². The van der Waals surface area contributed by atoms with Crippen molar-refractivity contribution < 1.29 is 9.18 Å². The number of hydrogen-bond acceptors (Lipinski definition) is 6. The zero-order chi connectivity index (χ0) is 24.6. The van der Waals surface area contributed by atoms with E-state index in [0.717, 1.165) is 36.9 Å². The van der Waals surface area contributed by atoms with Crippen molar-refractivity contribution in [3.8, 4) is 6.07 Å². The van der Waals surface area contributed by atoms with Gasteiger partial charge in [-0.25, -0.2) is 14.4 Å². The summed E-state index contributed by atoms with van der Waals surface area (Å²) in [5.41, 5.74) is 2.75. The van der Waals surface area contributed by atoms with Gasteiger partial charge in [0.25, 0.3) is 0 Å². The van der Waals surface area contributed by atoms with Crippen molar-refractivity contribution in [2.45, 2.75) is 38.5 Å². The Morgan fingerprint density at radius 1 is 1.00 bits per heavy atom. The Hall–Kier alpha value is -3.73. The summed E-state index contributed by atoms with van der Waals surface area (Å²) in [6.45, 7) is 5.40. The molecule has 8 heteroatoms. The summed E-state index contributed by atoms with van der Waals surface area (Å²) >= 11 is 0. The molecule has 0 radical (unpaired) electrons. The number of nitrogens with one attached hydrogen (secondary N) is 1. The van der Waals surface area contributed by atoms with Crippen molar-refractivity contribution in [3.63, 3.8) is 0 Å². The van der Waals surface area contributed by atoms with Crippen LogP contribution in [0.25, 0.3) is 11.0 Å². The van der Waals surface area contributed by atoms with Crippen LogP contribution in [0.1, 0.15) is 44.2 Å². The van der Waals surface area contributed by atoms with E-state index in [0.29, 0.717) is 49.8 Å². The van der Waals surface area contributed by atoms with E-state index in [4.69, 9.17) is 9.97 Å². The Kier molecular flexibility index (Phi) is 8.09. The van der Waals surface area contributed by atoms with Crippen LogP contribution in [-0.2, 0) is 4.79 Å². The lowest BCUT2D eigenvalue weighted by molar-refractivity contribution is -0.121. The first-order valence-electron chi connectivity index (χ1n) is 12.3. The molecular formula is C27H31FN6O. The van der Waals surface area contributed by atoms with E-state index < -0.39 is 5.92 Å². The molecule has 0 unspecified atom stereocenters. The van der Waals surface area contributed by atoms with Crippen LogP contribution < -0.4 is 15.1 Å². The zero-order valence-electron chi connectivity index (χ0n) is 20.1. The molecule has 1 aliphatic heterocycles. The van der Waals surface area contributed by atoms with Crippen molar-refractivity contribution in [3.05, 3.63) is 60.0 Å². The third-order valence-corrected chi connectivity index (χ3v) is 6.34. The van der Waals surface area contributed by atoms with Crippen molar-refractivity contribution in [1.29, 1.82) is 5.26 Å². The molecule has 0 aliphatic carbocycles. The molecule has 4 rings (SSSR count). The lowest BCUT2D eigenvalue weighted by Gasteiger charge is -2.37. The number of nitriles is 1. The van der Waals surface area contributed by atoms with E-state index in [1.165, 1.54) is 12.1 Å². The van der Waals surface area contributed by atoms with Crippen LogP contribution in [0.15, 0.2) is 48.5 Å². The molecular weight excluding hydrogens is 443 g/mol. The lowest BCUT2D eigenvalue weighted by atomic mass is 10.0. The third-order valence-electron chi connectivity index (χ3n) is 6.34. The van der Waals surface area contributed by atoms with Crippen LogP contribution in [0, 0.1) is 17.1 Å². The number of unbranched alkanes of at least 4 members (excludes halogenated alkanes) is 3. The minimum Gasteiger partial charge on any atom is -0.368 e. The molecule has 0 spiro atoms. The topological polar surface area (TPSA) is 85.1 Å². The van der Waals surface area contributed by atoms with Crippen LogP contribution in [-0.4, -0.2) is 48.6 Å². The van der Waals surface area contributed by atoms with Gasteiger partial charge in [0.1, 0.15) is 11.5 Å². The highest BCUT2D eigenvalue weighted by Crippen LogP contribution is 2.29. The van der Waals surface area contributed by atoms with Gasteiger partial charge in [-0.3, -0.25) is 4.79 Å². The Morgan fingerprint density at radius 3 is 2.31 bits per heavy atom. The fourth-order valence-electron chi connectivity index (χ4n) is 4.37. The van der Waals surface area contributed by atoms with Crippen LogP contribution in [0.5, 0.6) is 0 Å². The summed E-state index contributed by atoms with van der Waals surface area (Å²) in [5.74, 6) is -1.05. The van der Waals surface area contributed by atoms with E-state index in [2.05, 4.69) is 28.1 Å². The Labute approximate surface area is 205 Å². The molecule has 2 aromatic carbocycles. The second-order valence-electron chi connectivity index (χ2n) is 8.79. The standard InChI is InChI=1S/C27H31FN6O/c1-2-3-4-7-14-30-27(35)22(19-29)25-26(32-24-9-6-5-8-23(24)31-25)34-17-15-33(16-18-34)21-12-10-20(28)11-13-21/h5-6,8-13,22H,2-4,7,14-18H2,1H3,(H,30,35)/t22-/m0/s1. The first-order valence-corrected chi connectivity index (χ1v) is 12.3. The summed E-state index contributed by atoms with van der Waals surface area (Å²) in [5, 5.41) is 12.9. The van der Waals surface area contributed by atoms with Gasteiger partial charge in [0.15, 0.2) is 11.7 Å². The monoisotopic (exact) mass is 474 g/mol. The number of halogens is 1. The largest absolute Gasteiger partial charge is 0.368 e. The average Bonchev–Trinajstić information content (AvgIpc) is 2.89. The number of amides is 1. The van der Waals surface area contributed by atoms with E-state index in [9.17, 15) is 14.4 Å². The summed E-state index contributed by atoms with van der Waals surface area (Å²) in [4.78, 5) is 26.9. The van der Waals surface area contributed by atoms with Gasteiger partial charge >= 0.3 is 0 Å². The summed E-state index contributed by atoms with van der Waals surface area (Å²) < 4.78 is 13.3. The minimum absolute atomic E-state index is 0.255. The molecule has 1 N–H and O–H groups in total. The van der Waals surface area contributed by atoms with E-state index in [-0.39, 0.29) is 11.7 Å². The van der Waals surface area contributed by atoms with Crippen molar-refractivity contribution >= 4 is 28.4 Å². The molecule has 1 aromatic heterocycles. The van der Waals surface area contributed by atoms with Gasteiger partial charge in [-0.15, -0.1) is 0 Å². The smallest absolute Gasteiger partial charge is 0.243 e. The summed E-state index contributed by atoms with van der Waals surface area (Å²) in [7, 11) is 0. The maximum absolute atomic E-state index is 13.3. The molecule has 1 fully saturated rings. The Morgan fingerprint density at radius 2 is 1.66 bits per heavy atom. The zero-order valence-corrected chi connectivity index (χ0v) is 20.1. The maximum Gasteiger partial charge on any atom is 0.243 e. The third kappa shape index (κ3) is 5.86. The molecule has 1 saturated heterocycles. The van der Waals surface area contributed by atoms with Gasteiger partial charge in [-0.1, -0.05) is 38.3 Å². The van der Waals surface area contributed by atoms with Gasteiger partial charge in [0.2, 0.25) is 5.91 Å². The predicted octanol–water partition coefficient (Wildman–Crippen LogP) is 4.40. The predicted molar refractivity (Wildman–Crippen MR) is 136 cm³/mol. The molecule has 0 saturated carbocycles. The number of aromatic nitrogens is 2. The number of piperazine rings is 1. The first kappa shape index (κ1) is 24.4. The molecule has 1 atom stereocenters. The number of rotatable bonds is 9. The van der Waals surface area contributed by atoms with Gasteiger partial charge in [0, 0.05) is 38.4 Å². The van der Waals surface area contributed by atoms with Crippen LogP contribution in [0.2, 0.25) is 0 Å². The molecule has 35 heavy (non-hydrogen) atoms. The molecule has 3 aromatic rings. The fourth-order valence-corrected chi connectivity index (χ4v) is 4.37. The molecule has 7 nitrogen and oxygen atoms in total. The summed E-state index contributed by atoms with van der Waals surface area (Å²) in [6.07, 6.45) is 4.19. The maximum atomic E-state index is 13.3. The second-order valence-corrected chi connectivity index (χ2v) is 8.79. The molecule has 0 bridgehead atoms. The van der Waals surface area contributed by atoms with Gasteiger partial charge < -0.3 is 15.1 Å². The highest BCUT2D eigenvalue weighted by Gasteiger charge is 2.30. The molecule has 1 amide bonds. The average molecular weight is 475 g/mol. The van der Waals surface area contributed by atoms with Gasteiger partial charge in [-0.05, 0) is 42.8 Å². The fraction of sp³-hybridized carbons (Fsp3) is 0.407. The number of para-hydroxylation sites is 2. The number of anilines is 2. The highest BCUT2D eigenvalue weighted by atomic mass is 19.1. The number of fused-ring (bicyclic) bond motifs is 1. The van der Waals surface area contributed by atoms with Crippen molar-refractivity contribution in [2.24, 2.45) is 0 Å². The van der Waals surface area contributed by atoms with Crippen LogP contribution in [0.4, 0.5) is 15.9 Å². The lowest BCUT2D eigenvalue weighted by Crippen LogP contribution is -2.47.